The SMILES string of the molecule is C.C.CC1=CC(=C(c2ccc(N(C)C)cc2)c2ccc([N+](C)(C)C)cc2)C=CC1=[N+](C)C.CN(C)c1ccc(C(=C2C=CC(=[N+](C)C)C=C2)c2ccccc2)cc1.[Cl-].[Cl-]. The molecule has 314 valence electrons. The number of hydrogen-bond acceptors (Lipinski definition) is 2. The number of hydrogen-bond donors (Lipinski definition) is 0. The molecular weight excluding hydrogens is 766 g/mol. The first-order valence-electron chi connectivity index (χ1n) is 19.0. The summed E-state index contributed by atoms with van der Waals surface area (Å²) < 4.78 is 5.10. The van der Waals surface area contributed by atoms with Gasteiger partial charge in [-0.2, -0.15) is 0 Å². The van der Waals surface area contributed by atoms with Crippen LogP contribution in [0.2, 0.25) is 0 Å². The van der Waals surface area contributed by atoms with E-state index in [0.717, 1.165) is 4.48 Å². The van der Waals surface area contributed by atoms with Gasteiger partial charge in [0.05, 0.1) is 21.1 Å². The van der Waals surface area contributed by atoms with E-state index >= 15 is 0 Å². The maximum absolute atomic E-state index is 2.30. The molecule has 0 saturated heterocycles. The Bertz CT molecular complexity index is 2210. The highest BCUT2D eigenvalue weighted by Gasteiger charge is 2.19. The molecule has 0 saturated carbocycles. The number of benzene rings is 4. The second-order valence-electron chi connectivity index (χ2n) is 15.9. The van der Waals surface area contributed by atoms with Gasteiger partial charge in [0.2, 0.25) is 5.71 Å². The number of rotatable bonds is 7. The van der Waals surface area contributed by atoms with Crippen LogP contribution < -0.4 is 39.1 Å². The van der Waals surface area contributed by atoms with Gasteiger partial charge >= 0.3 is 0 Å². The summed E-state index contributed by atoms with van der Waals surface area (Å²) in [7, 11) is 23.2. The van der Waals surface area contributed by atoms with E-state index in [2.05, 4.69) is 249 Å². The molecule has 0 bridgehead atoms. The number of anilines is 2. The van der Waals surface area contributed by atoms with Crippen LogP contribution >= 0.6 is 0 Å². The number of halogens is 2. The Kier molecular flexibility index (Phi) is 20.0. The molecule has 5 nitrogen and oxygen atoms in total. The van der Waals surface area contributed by atoms with Crippen LogP contribution in [0.5, 0.6) is 0 Å². The topological polar surface area (TPSA) is 12.5 Å². The Morgan fingerprint density at radius 3 is 1.24 bits per heavy atom. The van der Waals surface area contributed by atoms with Crippen LogP contribution in [0.1, 0.15) is 44.0 Å². The first-order valence-corrected chi connectivity index (χ1v) is 19.0. The molecule has 6 rings (SSSR count). The van der Waals surface area contributed by atoms with E-state index in [0.29, 0.717) is 0 Å². The van der Waals surface area contributed by atoms with E-state index in [1.165, 1.54) is 78.6 Å². The minimum Gasteiger partial charge on any atom is -1.00 e. The van der Waals surface area contributed by atoms with Gasteiger partial charge in [-0.05, 0) is 124 Å². The lowest BCUT2D eigenvalue weighted by atomic mass is 9.89. The van der Waals surface area contributed by atoms with Crippen molar-refractivity contribution in [1.82, 2.24) is 4.48 Å². The van der Waals surface area contributed by atoms with Gasteiger partial charge in [-0.25, -0.2) is 9.15 Å². The highest BCUT2D eigenvalue weighted by atomic mass is 35.5. The zero-order valence-corrected chi connectivity index (χ0v) is 37.4. The third-order valence-electron chi connectivity index (χ3n) is 9.98. The number of quaternary nitrogens is 1. The van der Waals surface area contributed by atoms with Gasteiger partial charge in [0, 0.05) is 63.4 Å². The van der Waals surface area contributed by atoms with Crippen molar-refractivity contribution in [3.63, 3.8) is 0 Å². The molecule has 0 N–H and O–H groups in total. The maximum atomic E-state index is 2.30. The van der Waals surface area contributed by atoms with Crippen molar-refractivity contribution in [2.24, 2.45) is 0 Å². The monoisotopic (exact) mass is 832 g/mol. The molecule has 0 aliphatic heterocycles. The highest BCUT2D eigenvalue weighted by molar-refractivity contribution is 6.08. The molecule has 0 heterocycles. The zero-order valence-electron chi connectivity index (χ0n) is 35.8. The summed E-state index contributed by atoms with van der Waals surface area (Å²) in [6, 6.07) is 37.2. The molecule has 7 heteroatoms. The van der Waals surface area contributed by atoms with Crippen LogP contribution in [0.4, 0.5) is 17.1 Å². The van der Waals surface area contributed by atoms with Gasteiger partial charge in [0.15, 0.2) is 5.71 Å². The molecule has 4 aromatic rings. The van der Waals surface area contributed by atoms with Crippen molar-refractivity contribution >= 4 is 39.6 Å². The normalized spacial score (nSPS) is 13.6. The summed E-state index contributed by atoms with van der Waals surface area (Å²) in [5.41, 5.74) is 17.4. The molecule has 0 atom stereocenters. The molecule has 0 fully saturated rings. The molecule has 0 unspecified atom stereocenters. The van der Waals surface area contributed by atoms with Crippen LogP contribution in [-0.2, 0) is 0 Å². The summed E-state index contributed by atoms with van der Waals surface area (Å²) in [4.78, 5) is 4.26. The summed E-state index contributed by atoms with van der Waals surface area (Å²) in [6.07, 6.45) is 15.5. The van der Waals surface area contributed by atoms with Crippen molar-refractivity contribution < 1.29 is 34.0 Å². The van der Waals surface area contributed by atoms with Crippen LogP contribution in [0.15, 0.2) is 162 Å². The second kappa shape index (κ2) is 22.8. The average molecular weight is 834 g/mol. The van der Waals surface area contributed by atoms with Crippen molar-refractivity contribution in [3.8, 4) is 0 Å². The van der Waals surface area contributed by atoms with Crippen LogP contribution in [-0.4, -0.2) is 98.1 Å². The van der Waals surface area contributed by atoms with Crippen molar-refractivity contribution in [3.05, 3.63) is 185 Å². The van der Waals surface area contributed by atoms with E-state index in [1.807, 2.05) is 0 Å². The minimum atomic E-state index is 0. The predicted octanol–water partition coefficient (Wildman–Crippen LogP) is 4.65. The largest absolute Gasteiger partial charge is 1.00 e. The Morgan fingerprint density at radius 1 is 0.475 bits per heavy atom. The molecule has 2 aliphatic carbocycles. The fourth-order valence-electron chi connectivity index (χ4n) is 6.77. The van der Waals surface area contributed by atoms with E-state index in [9.17, 15) is 0 Å². The first kappa shape index (κ1) is 51.8. The quantitative estimate of drug-likeness (QED) is 0.199. The molecule has 4 aromatic carbocycles. The molecule has 0 spiro atoms. The molecule has 0 amide bonds. The summed E-state index contributed by atoms with van der Waals surface area (Å²) in [5.74, 6) is 0. The maximum Gasteiger partial charge on any atom is 0.202 e. The van der Waals surface area contributed by atoms with Gasteiger partial charge in [0.25, 0.3) is 0 Å². The fraction of sp³-hybridized carbons (Fsp3) is 0.269. The summed E-state index contributed by atoms with van der Waals surface area (Å²) in [5, 5.41) is 0. The minimum absolute atomic E-state index is 0. The highest BCUT2D eigenvalue weighted by Crippen LogP contribution is 2.34. The lowest BCUT2D eigenvalue weighted by Gasteiger charge is -2.24. The third-order valence-corrected chi connectivity index (χ3v) is 9.98. The molecule has 59 heavy (non-hydrogen) atoms. The standard InChI is InChI=1S/C27H35N3.C23H25N2.2CH4.2ClH/c1-20-19-23(13-18-26(20)29(4)5)27(21-9-14-24(15-10-21)28(2)3)22-11-16-25(17-12-22)30(6,7)8;1-24(2)21-14-10-19(11-15-21)23(18-8-6-5-7-9-18)20-12-16-22(17-13-20)25(3)4;;;;/h9-19H,1-8H3;5-17H,1-4H3;2*1H4;2*1H/q+2;+1;;;;/p-2. The molecule has 2 aliphatic rings. The Hall–Kier alpha value is -5.20. The lowest BCUT2D eigenvalue weighted by molar-refractivity contribution is -0.463. The van der Waals surface area contributed by atoms with Crippen LogP contribution in [0.3, 0.4) is 0 Å². The molecule has 0 aromatic heterocycles. The number of nitrogens with zero attached hydrogens (tertiary/aromatic N) is 5. The Balaban J connectivity index is 0.000000560. The van der Waals surface area contributed by atoms with Crippen molar-refractivity contribution in [2.45, 2.75) is 21.8 Å². The smallest absolute Gasteiger partial charge is 0.202 e. The van der Waals surface area contributed by atoms with E-state index in [-0.39, 0.29) is 39.7 Å². The van der Waals surface area contributed by atoms with Gasteiger partial charge in [0.1, 0.15) is 33.9 Å². The Labute approximate surface area is 370 Å². The fourth-order valence-corrected chi connectivity index (χ4v) is 6.77. The van der Waals surface area contributed by atoms with Gasteiger partial charge < -0.3 is 34.6 Å². The lowest BCUT2D eigenvalue weighted by Crippen LogP contribution is -3.00. The zero-order chi connectivity index (χ0) is 39.9. The molecular formula is C52H68Cl2N5+. The summed E-state index contributed by atoms with van der Waals surface area (Å²) in [6.45, 7) is 2.19. The Morgan fingerprint density at radius 2 is 0.864 bits per heavy atom. The molecule has 0 radical (unpaired) electrons. The van der Waals surface area contributed by atoms with Crippen LogP contribution in [0, 0.1) is 0 Å². The van der Waals surface area contributed by atoms with Gasteiger partial charge in [-0.15, -0.1) is 0 Å². The second-order valence-corrected chi connectivity index (χ2v) is 15.9. The third kappa shape index (κ3) is 13.1. The predicted molar refractivity (Wildman–Crippen MR) is 255 cm³/mol. The van der Waals surface area contributed by atoms with E-state index < -0.39 is 0 Å². The summed E-state index contributed by atoms with van der Waals surface area (Å²) >= 11 is 0. The van der Waals surface area contributed by atoms with Crippen molar-refractivity contribution in [1.29, 1.82) is 0 Å². The average Bonchev–Trinajstić information content (AvgIpc) is 3.16. The van der Waals surface area contributed by atoms with Gasteiger partial charge in [-0.1, -0.05) is 69.5 Å². The first-order chi connectivity index (χ1) is 26.1. The van der Waals surface area contributed by atoms with E-state index in [1.54, 1.807) is 0 Å². The van der Waals surface area contributed by atoms with Crippen molar-refractivity contribution in [2.75, 3.05) is 87.3 Å². The van der Waals surface area contributed by atoms with Crippen LogP contribution in [0.25, 0.3) is 11.1 Å². The van der Waals surface area contributed by atoms with E-state index in [4.69, 9.17) is 0 Å². The number of allylic oxidation sites excluding steroid dienone is 10. The van der Waals surface area contributed by atoms with Gasteiger partial charge in [-0.3, -0.25) is 4.48 Å².